The molecule has 10 rings (SSSR count). The van der Waals surface area contributed by atoms with Gasteiger partial charge in [0.25, 0.3) is 0 Å². The van der Waals surface area contributed by atoms with Crippen LogP contribution in [0.25, 0.3) is 10.4 Å². The molecule has 3 aliphatic rings. The van der Waals surface area contributed by atoms with Crippen LogP contribution in [-0.2, 0) is 90.9 Å². The van der Waals surface area contributed by atoms with Crippen LogP contribution in [0.15, 0.2) is 217 Å². The van der Waals surface area contributed by atoms with E-state index in [2.05, 4.69) is 10.0 Å². The van der Waals surface area contributed by atoms with Crippen LogP contribution in [0.2, 0.25) is 0 Å². The average Bonchev–Trinajstić information content (AvgIpc) is 0.804. The van der Waals surface area contributed by atoms with E-state index in [-0.39, 0.29) is 48.7 Å². The van der Waals surface area contributed by atoms with Crippen LogP contribution in [0.1, 0.15) is 65.0 Å². The van der Waals surface area contributed by atoms with Crippen LogP contribution >= 0.6 is 0 Å². The number of carbonyl (C=O) groups is 5. The second-order valence-electron chi connectivity index (χ2n) is 21.7. The number of aliphatic hydroxyl groups excluding tert-OH is 1. The predicted molar refractivity (Wildman–Crippen MR) is 328 cm³/mol. The fraction of sp³-hybridized carbons (Fsp3) is 0.329. The van der Waals surface area contributed by atoms with Crippen molar-refractivity contribution < 1.29 is 95.4 Å². The SMILES string of the molecule is CO[C@@H]1O[C@H](COCc2ccccc2)[C@H](O[C@H]2O[C@H](COC(C)=O)[C@@H](OCc3ccccc3)[C@H](OC(=O)c3ccccc3)[C@H]2OCc2ccccc2)[C@H](O[C@@H]2O[C@H](CO)[C@@H](OC(=O)c3ccccc3)[C@H](OC(=O)c3ccccc3)[C@H]2OC(=O)c2ccccc2)[C@H]1N=[N+]=[N-]. The number of aliphatic hydroxyl groups is 1. The smallest absolute Gasteiger partial charge is 0.338 e. The van der Waals surface area contributed by atoms with Crippen molar-refractivity contribution in [3.8, 4) is 0 Å². The minimum atomic E-state index is -1.99. The van der Waals surface area contributed by atoms with Crippen molar-refractivity contribution in [2.45, 2.75) is 119 Å². The van der Waals surface area contributed by atoms with Crippen molar-refractivity contribution in [3.05, 3.63) is 262 Å². The molecule has 1 N–H and O–H groups in total. The van der Waals surface area contributed by atoms with Crippen LogP contribution in [-0.4, -0.2) is 154 Å². The first-order chi connectivity index (χ1) is 45.5. The molecule has 0 amide bonds. The second-order valence-corrected chi connectivity index (χ2v) is 21.7. The number of azide groups is 1. The number of hydrogen-bond acceptors (Lipinski definition) is 21. The van der Waals surface area contributed by atoms with Gasteiger partial charge in [-0.25, -0.2) is 19.2 Å². The molecule has 23 heteroatoms. The molecule has 0 radical (unpaired) electrons. The highest BCUT2D eigenvalue weighted by molar-refractivity contribution is 5.91. The van der Waals surface area contributed by atoms with Crippen molar-refractivity contribution in [1.29, 1.82) is 0 Å². The van der Waals surface area contributed by atoms with E-state index in [1.807, 2.05) is 91.0 Å². The van der Waals surface area contributed by atoms with Crippen LogP contribution < -0.4 is 0 Å². The lowest BCUT2D eigenvalue weighted by molar-refractivity contribution is -0.376. The first-order valence-electron chi connectivity index (χ1n) is 30.0. The summed E-state index contributed by atoms with van der Waals surface area (Å²) in [7, 11) is 1.29. The highest BCUT2D eigenvalue weighted by atomic mass is 16.8. The molecule has 0 bridgehead atoms. The van der Waals surface area contributed by atoms with Crippen molar-refractivity contribution in [1.82, 2.24) is 0 Å². The molecule has 7 aromatic carbocycles. The summed E-state index contributed by atoms with van der Waals surface area (Å²) in [4.78, 5) is 73.9. The van der Waals surface area contributed by atoms with Gasteiger partial charge in [0.2, 0.25) is 0 Å². The number of hydrogen-bond donors (Lipinski definition) is 1. The molecule has 484 valence electrons. The van der Waals surface area contributed by atoms with E-state index >= 15 is 0 Å². The van der Waals surface area contributed by atoms with Gasteiger partial charge in [0.15, 0.2) is 43.3 Å². The fourth-order valence-electron chi connectivity index (χ4n) is 10.9. The summed E-state index contributed by atoms with van der Waals surface area (Å²) >= 11 is 0. The van der Waals surface area contributed by atoms with Gasteiger partial charge >= 0.3 is 29.8 Å². The molecule has 0 unspecified atom stereocenters. The van der Waals surface area contributed by atoms with Gasteiger partial charge in [-0.1, -0.05) is 169 Å². The molecular weight excluding hydrogens is 1200 g/mol. The molecule has 0 saturated carbocycles. The van der Waals surface area contributed by atoms with Crippen LogP contribution in [0.5, 0.6) is 0 Å². The lowest BCUT2D eigenvalue weighted by Gasteiger charge is -2.51. The van der Waals surface area contributed by atoms with E-state index in [1.54, 1.807) is 84.9 Å². The molecule has 3 aliphatic heterocycles. The fourth-order valence-corrected chi connectivity index (χ4v) is 10.9. The van der Waals surface area contributed by atoms with Gasteiger partial charge in [0, 0.05) is 18.9 Å². The summed E-state index contributed by atoms with van der Waals surface area (Å²) in [5.41, 5.74) is 13.0. The number of nitrogens with zero attached hydrogens (tertiary/aromatic N) is 3. The molecule has 0 spiro atoms. The number of ether oxygens (including phenoxy) is 14. The molecule has 0 aromatic heterocycles. The summed E-state index contributed by atoms with van der Waals surface area (Å²) in [5, 5.41) is 15.5. The van der Waals surface area contributed by atoms with Gasteiger partial charge in [0.05, 0.1) is 55.3 Å². The van der Waals surface area contributed by atoms with Crippen molar-refractivity contribution in [3.63, 3.8) is 0 Å². The highest BCUT2D eigenvalue weighted by Gasteiger charge is 2.59. The van der Waals surface area contributed by atoms with E-state index < -0.39 is 135 Å². The second kappa shape index (κ2) is 33.4. The zero-order valence-corrected chi connectivity index (χ0v) is 50.7. The summed E-state index contributed by atoms with van der Waals surface area (Å²) in [6.07, 6.45) is -22.6. The predicted octanol–water partition coefficient (Wildman–Crippen LogP) is 9.10. The standard InChI is InChI=1S/C70H69N3O20/c1-44(75)82-43-54-56(83-40-46-26-12-4-13-27-46)60(89-65(77)49-32-18-7-19-33-49)62(84-41-47-28-14-5-15-29-47)69(87-54)92-58-53(42-81-39-45-24-10-3-11-25-45)86-68(80-2)55(72-73-71)59(58)93-70-63(91-67(79)51-36-22-9-23-37-51)61(90-66(78)50-34-20-8-21-35-50)57(52(38-74)85-70)88-64(76)48-30-16-6-17-31-48/h3-37,52-63,68-70,74H,38-43H2,1-2H3/t52-,53-,54-,55-,56-,57-,58+,59-,60+,61+,62-,63-,68-,69-,70+/m1/s1. The summed E-state index contributed by atoms with van der Waals surface area (Å²) < 4.78 is 91.5. The Hall–Kier alpha value is -9.20. The van der Waals surface area contributed by atoms with Crippen LogP contribution in [0, 0.1) is 0 Å². The molecule has 3 heterocycles. The zero-order valence-electron chi connectivity index (χ0n) is 50.7. The van der Waals surface area contributed by atoms with Crippen molar-refractivity contribution >= 4 is 29.8 Å². The maximum Gasteiger partial charge on any atom is 0.338 e. The topological polar surface area (TPSA) is 284 Å². The normalized spacial score (nSPS) is 25.9. The lowest BCUT2D eigenvalue weighted by atomic mass is 9.94. The number of rotatable bonds is 27. The molecule has 0 aliphatic carbocycles. The van der Waals surface area contributed by atoms with Crippen molar-refractivity contribution in [2.75, 3.05) is 26.9 Å². The third-order valence-corrected chi connectivity index (χ3v) is 15.4. The molecular formula is C70H69N3O20. The molecule has 3 saturated heterocycles. The van der Waals surface area contributed by atoms with E-state index in [4.69, 9.17) is 66.3 Å². The third kappa shape index (κ3) is 17.7. The molecule has 23 nitrogen and oxygen atoms in total. The summed E-state index contributed by atoms with van der Waals surface area (Å²) in [5.74, 6) is -4.37. The molecule has 93 heavy (non-hydrogen) atoms. The van der Waals surface area contributed by atoms with Gasteiger partial charge in [0.1, 0.15) is 55.4 Å². The van der Waals surface area contributed by atoms with Crippen molar-refractivity contribution in [2.24, 2.45) is 5.11 Å². The quantitative estimate of drug-likeness (QED) is 0.0165. The first-order valence-corrected chi connectivity index (χ1v) is 30.0. The number of benzene rings is 7. The van der Waals surface area contributed by atoms with E-state index in [0.29, 0.717) is 5.56 Å². The minimum absolute atomic E-state index is 0.0219. The monoisotopic (exact) mass is 1270 g/mol. The Morgan fingerprint density at radius 3 is 1.24 bits per heavy atom. The van der Waals surface area contributed by atoms with E-state index in [1.165, 1.54) is 50.4 Å². The first kappa shape index (κ1) is 66.7. The van der Waals surface area contributed by atoms with E-state index in [9.17, 15) is 34.6 Å². The van der Waals surface area contributed by atoms with Gasteiger partial charge in [-0.05, 0) is 70.8 Å². The Morgan fingerprint density at radius 1 is 0.430 bits per heavy atom. The maximum atomic E-state index is 14.6. The zero-order chi connectivity index (χ0) is 64.9. The van der Waals surface area contributed by atoms with Crippen LogP contribution in [0.4, 0.5) is 0 Å². The third-order valence-electron chi connectivity index (χ3n) is 15.4. The number of methoxy groups -OCH3 is 1. The highest BCUT2D eigenvalue weighted by Crippen LogP contribution is 2.39. The van der Waals surface area contributed by atoms with Gasteiger partial charge < -0.3 is 71.4 Å². The lowest BCUT2D eigenvalue weighted by Crippen LogP contribution is -2.68. The average molecular weight is 1270 g/mol. The molecule has 3 fully saturated rings. The summed E-state index contributed by atoms with van der Waals surface area (Å²) in [6.45, 7) is -0.696. The van der Waals surface area contributed by atoms with Gasteiger partial charge in [-0.3, -0.25) is 4.79 Å². The largest absolute Gasteiger partial charge is 0.463 e. The Kier molecular flexibility index (Phi) is 24.0. The van der Waals surface area contributed by atoms with Gasteiger partial charge in [-0.2, -0.15) is 0 Å². The maximum absolute atomic E-state index is 14.6. The Balaban J connectivity index is 1.12. The minimum Gasteiger partial charge on any atom is -0.463 e. The molecule has 15 atom stereocenters. The summed E-state index contributed by atoms with van der Waals surface area (Å²) in [6, 6.07) is 57.5. The number of carbonyl (C=O) groups excluding carboxylic acids is 5. The Morgan fingerprint density at radius 2 is 0.796 bits per heavy atom. The van der Waals surface area contributed by atoms with E-state index in [0.717, 1.165) is 11.1 Å². The Labute approximate surface area is 535 Å². The van der Waals surface area contributed by atoms with Crippen LogP contribution in [0.3, 0.4) is 0 Å². The number of esters is 5. The van der Waals surface area contributed by atoms with Gasteiger partial charge in [-0.15, -0.1) is 0 Å². The Bertz CT molecular complexity index is 3550. The molecule has 7 aromatic rings.